The van der Waals surface area contributed by atoms with Crippen LogP contribution in [0.2, 0.25) is 0 Å². The first kappa shape index (κ1) is 15.8. The molecule has 1 nitrogen and oxygen atoms in total. The highest BCUT2D eigenvalue weighted by Crippen LogP contribution is 2.35. The molecule has 2 atom stereocenters. The Labute approximate surface area is 129 Å². The van der Waals surface area contributed by atoms with E-state index < -0.39 is 0 Å². The molecule has 2 rings (SSSR count). The first-order valence-corrected chi connectivity index (χ1v) is 7.76. The number of aryl methyl sites for hydroxylation is 1. The summed E-state index contributed by atoms with van der Waals surface area (Å²) in [5.74, 6) is 0. The first-order valence-electron chi connectivity index (χ1n) is 7.76. The molecule has 0 fully saturated rings. The minimum atomic E-state index is 0.165. The van der Waals surface area contributed by atoms with Crippen LogP contribution in [0.15, 0.2) is 54.6 Å². The third kappa shape index (κ3) is 3.95. The molecule has 0 amide bonds. The van der Waals surface area contributed by atoms with E-state index in [1.54, 1.807) is 0 Å². The zero-order chi connectivity index (χ0) is 15.5. The van der Waals surface area contributed by atoms with Gasteiger partial charge in [-0.15, -0.1) is 0 Å². The molecule has 0 aromatic heterocycles. The third-order valence-corrected chi connectivity index (χ3v) is 4.07. The van der Waals surface area contributed by atoms with Crippen molar-refractivity contribution >= 4 is 0 Å². The summed E-state index contributed by atoms with van der Waals surface area (Å²) in [5.41, 5.74) is 4.24. The van der Waals surface area contributed by atoms with E-state index in [1.807, 2.05) is 0 Å². The largest absolute Gasteiger partial charge is 0.303 e. The molecule has 112 valence electrons. The topological polar surface area (TPSA) is 12.0 Å². The highest BCUT2D eigenvalue weighted by Gasteiger charge is 2.27. The summed E-state index contributed by atoms with van der Waals surface area (Å²) < 4.78 is 0. The van der Waals surface area contributed by atoms with Gasteiger partial charge in [-0.3, -0.25) is 0 Å². The summed E-state index contributed by atoms with van der Waals surface area (Å²) in [6.45, 7) is 11.3. The van der Waals surface area contributed by atoms with Gasteiger partial charge in [-0.1, -0.05) is 75.4 Å². The van der Waals surface area contributed by atoms with E-state index in [0.29, 0.717) is 12.1 Å². The van der Waals surface area contributed by atoms with Gasteiger partial charge in [0.25, 0.3) is 0 Å². The molecule has 1 N–H and O–H groups in total. The fourth-order valence-corrected chi connectivity index (χ4v) is 2.90. The number of benzene rings is 2. The Balaban J connectivity index is 2.26. The molecule has 2 aromatic carbocycles. The molecule has 0 radical (unpaired) electrons. The standard InChI is InChI=1S/C20H27N/c1-15-11-9-10-14-18(15)16(2)21-19(20(3,4)5)17-12-7-6-8-13-17/h6-14,16,19,21H,1-5H3. The van der Waals surface area contributed by atoms with Gasteiger partial charge in [0.05, 0.1) is 0 Å². The Bertz CT molecular complexity index is 566. The molecule has 21 heavy (non-hydrogen) atoms. The average molecular weight is 281 g/mol. The minimum Gasteiger partial charge on any atom is -0.303 e. The quantitative estimate of drug-likeness (QED) is 0.787. The predicted molar refractivity (Wildman–Crippen MR) is 91.4 cm³/mol. The molecule has 0 bridgehead atoms. The lowest BCUT2D eigenvalue weighted by molar-refractivity contribution is 0.254. The summed E-state index contributed by atoms with van der Waals surface area (Å²) in [6.07, 6.45) is 0. The molecule has 0 aliphatic heterocycles. The van der Waals surface area contributed by atoms with Gasteiger partial charge in [-0.2, -0.15) is 0 Å². The number of rotatable bonds is 4. The Morgan fingerprint density at radius 1 is 0.857 bits per heavy atom. The Hall–Kier alpha value is -1.60. The Morgan fingerprint density at radius 2 is 1.43 bits per heavy atom. The lowest BCUT2D eigenvalue weighted by Crippen LogP contribution is -2.34. The van der Waals surface area contributed by atoms with Crippen molar-refractivity contribution in [3.8, 4) is 0 Å². The summed E-state index contributed by atoms with van der Waals surface area (Å²) >= 11 is 0. The summed E-state index contributed by atoms with van der Waals surface area (Å²) in [7, 11) is 0. The van der Waals surface area contributed by atoms with Gasteiger partial charge in [-0.25, -0.2) is 0 Å². The second-order valence-electron chi connectivity index (χ2n) is 6.95. The second-order valence-corrected chi connectivity index (χ2v) is 6.95. The highest BCUT2D eigenvalue weighted by atomic mass is 15.0. The van der Waals surface area contributed by atoms with Crippen LogP contribution in [0.5, 0.6) is 0 Å². The molecule has 0 saturated heterocycles. The third-order valence-electron chi connectivity index (χ3n) is 4.07. The maximum Gasteiger partial charge on any atom is 0.0374 e. The van der Waals surface area contributed by atoms with Crippen LogP contribution in [0, 0.1) is 12.3 Å². The van der Waals surface area contributed by atoms with Crippen LogP contribution < -0.4 is 5.32 Å². The molecule has 2 unspecified atom stereocenters. The summed E-state index contributed by atoms with van der Waals surface area (Å²) in [4.78, 5) is 0. The van der Waals surface area contributed by atoms with Gasteiger partial charge in [0.2, 0.25) is 0 Å². The van der Waals surface area contributed by atoms with Crippen molar-refractivity contribution < 1.29 is 0 Å². The van der Waals surface area contributed by atoms with Gasteiger partial charge in [0.1, 0.15) is 0 Å². The van der Waals surface area contributed by atoms with Crippen LogP contribution in [0.4, 0.5) is 0 Å². The second kappa shape index (κ2) is 6.44. The van der Waals surface area contributed by atoms with Crippen LogP contribution in [-0.4, -0.2) is 0 Å². The Kier molecular flexibility index (Phi) is 4.84. The Morgan fingerprint density at radius 3 is 2.00 bits per heavy atom. The van der Waals surface area contributed by atoms with Crippen molar-refractivity contribution in [1.29, 1.82) is 0 Å². The molecular weight excluding hydrogens is 254 g/mol. The molecular formula is C20H27N. The van der Waals surface area contributed by atoms with Crippen molar-refractivity contribution in [2.75, 3.05) is 0 Å². The number of nitrogens with one attached hydrogen (secondary N) is 1. The van der Waals surface area contributed by atoms with Crippen LogP contribution in [0.25, 0.3) is 0 Å². The highest BCUT2D eigenvalue weighted by molar-refractivity contribution is 5.29. The number of hydrogen-bond donors (Lipinski definition) is 1. The van der Waals surface area contributed by atoms with Crippen molar-refractivity contribution in [2.24, 2.45) is 5.41 Å². The van der Waals surface area contributed by atoms with E-state index in [1.165, 1.54) is 16.7 Å². The van der Waals surface area contributed by atoms with Gasteiger partial charge in [0.15, 0.2) is 0 Å². The summed E-state index contributed by atoms with van der Waals surface area (Å²) in [6, 6.07) is 20.0. The zero-order valence-corrected chi connectivity index (χ0v) is 13.9. The minimum absolute atomic E-state index is 0.165. The van der Waals surface area contributed by atoms with Crippen molar-refractivity contribution in [1.82, 2.24) is 5.32 Å². The van der Waals surface area contributed by atoms with Crippen LogP contribution in [-0.2, 0) is 0 Å². The van der Waals surface area contributed by atoms with Gasteiger partial charge >= 0.3 is 0 Å². The van der Waals surface area contributed by atoms with E-state index in [0.717, 1.165) is 0 Å². The normalized spacial score (nSPS) is 14.7. The van der Waals surface area contributed by atoms with Gasteiger partial charge < -0.3 is 5.32 Å². The van der Waals surface area contributed by atoms with E-state index >= 15 is 0 Å². The first-order chi connectivity index (χ1) is 9.89. The van der Waals surface area contributed by atoms with E-state index in [4.69, 9.17) is 0 Å². The zero-order valence-electron chi connectivity index (χ0n) is 13.9. The number of hydrogen-bond acceptors (Lipinski definition) is 1. The molecule has 0 spiro atoms. The average Bonchev–Trinajstić information content (AvgIpc) is 2.44. The lowest BCUT2D eigenvalue weighted by Gasteiger charge is -2.35. The summed E-state index contributed by atoms with van der Waals surface area (Å²) in [5, 5.41) is 3.83. The molecule has 1 heteroatoms. The predicted octanol–water partition coefficient (Wildman–Crippen LogP) is 5.43. The van der Waals surface area contributed by atoms with Crippen LogP contribution in [0.3, 0.4) is 0 Å². The van der Waals surface area contributed by atoms with Crippen molar-refractivity contribution in [3.63, 3.8) is 0 Å². The fourth-order valence-electron chi connectivity index (χ4n) is 2.90. The van der Waals surface area contributed by atoms with Crippen LogP contribution in [0.1, 0.15) is 56.5 Å². The van der Waals surface area contributed by atoms with Crippen LogP contribution >= 0.6 is 0 Å². The van der Waals surface area contributed by atoms with E-state index in [2.05, 4.69) is 94.5 Å². The monoisotopic (exact) mass is 281 g/mol. The van der Waals surface area contributed by atoms with E-state index in [9.17, 15) is 0 Å². The molecule has 0 aliphatic rings. The lowest BCUT2D eigenvalue weighted by atomic mass is 9.81. The van der Waals surface area contributed by atoms with Crippen molar-refractivity contribution in [2.45, 2.75) is 46.7 Å². The molecule has 0 aliphatic carbocycles. The maximum atomic E-state index is 3.83. The smallest absolute Gasteiger partial charge is 0.0374 e. The molecule has 2 aromatic rings. The maximum absolute atomic E-state index is 3.83. The van der Waals surface area contributed by atoms with Crippen molar-refractivity contribution in [3.05, 3.63) is 71.3 Å². The van der Waals surface area contributed by atoms with E-state index in [-0.39, 0.29) is 5.41 Å². The molecule has 0 saturated carbocycles. The van der Waals surface area contributed by atoms with Gasteiger partial charge in [0, 0.05) is 12.1 Å². The SMILES string of the molecule is Cc1ccccc1C(C)NC(c1ccccc1)C(C)(C)C. The fraction of sp³-hybridized carbons (Fsp3) is 0.400. The van der Waals surface area contributed by atoms with Gasteiger partial charge in [-0.05, 0) is 36.0 Å². The molecule has 0 heterocycles.